The molecule has 0 aliphatic rings. The molecular weight excluding hydrogens is 330 g/mol. The molecule has 0 fully saturated rings. The third kappa shape index (κ3) is 4.08. The number of carbonyl (C=O) groups excluding carboxylic acids is 1. The van der Waals surface area contributed by atoms with Gasteiger partial charge in [0, 0.05) is 10.2 Å². The van der Waals surface area contributed by atoms with E-state index < -0.39 is 6.04 Å². The molecule has 1 unspecified atom stereocenters. The normalized spacial score (nSPS) is 11.8. The van der Waals surface area contributed by atoms with E-state index in [9.17, 15) is 4.79 Å². The summed E-state index contributed by atoms with van der Waals surface area (Å²) in [7, 11) is 1.40. The van der Waals surface area contributed by atoms with Gasteiger partial charge in [0.1, 0.15) is 0 Å². The lowest BCUT2D eigenvalue weighted by atomic mass is 10.0. The van der Waals surface area contributed by atoms with E-state index in [2.05, 4.69) is 27.3 Å². The van der Waals surface area contributed by atoms with Crippen molar-refractivity contribution >= 4 is 27.6 Å². The summed E-state index contributed by atoms with van der Waals surface area (Å²) in [6.07, 6.45) is 0. The first kappa shape index (κ1) is 15.6. The summed E-state index contributed by atoms with van der Waals surface area (Å²) in [5.41, 5.74) is 4.00. The van der Waals surface area contributed by atoms with Crippen molar-refractivity contribution in [2.45, 2.75) is 19.9 Å². The third-order valence-corrected chi connectivity index (χ3v) is 3.64. The highest BCUT2D eigenvalue weighted by Crippen LogP contribution is 2.24. The lowest BCUT2D eigenvalue weighted by Gasteiger charge is -2.19. The molecule has 0 amide bonds. The zero-order valence-corrected chi connectivity index (χ0v) is 13.9. The summed E-state index contributed by atoms with van der Waals surface area (Å²) >= 11 is 3.43. The fourth-order valence-corrected chi connectivity index (χ4v) is 2.72. The summed E-state index contributed by atoms with van der Waals surface area (Å²) in [5, 5.41) is 3.24. The topological polar surface area (TPSA) is 38.3 Å². The zero-order valence-electron chi connectivity index (χ0n) is 12.3. The number of carbonyl (C=O) groups is 1. The molecule has 0 aliphatic carbocycles. The Bertz CT molecular complexity index is 635. The van der Waals surface area contributed by atoms with Gasteiger partial charge < -0.3 is 10.1 Å². The number of hydrogen-bond acceptors (Lipinski definition) is 3. The van der Waals surface area contributed by atoms with Gasteiger partial charge in [0.15, 0.2) is 6.04 Å². The first-order valence-electron chi connectivity index (χ1n) is 6.67. The lowest BCUT2D eigenvalue weighted by Crippen LogP contribution is -2.22. The Morgan fingerprint density at radius 1 is 1.14 bits per heavy atom. The van der Waals surface area contributed by atoms with Crippen molar-refractivity contribution in [3.63, 3.8) is 0 Å². The molecule has 0 aromatic heterocycles. The van der Waals surface area contributed by atoms with Crippen molar-refractivity contribution in [3.05, 3.63) is 63.6 Å². The van der Waals surface area contributed by atoms with E-state index in [-0.39, 0.29) is 5.97 Å². The van der Waals surface area contributed by atoms with Crippen LogP contribution in [-0.4, -0.2) is 13.1 Å². The molecule has 2 aromatic rings. The SMILES string of the molecule is COC(=O)C(Nc1cccc(Br)c1)c1cc(C)cc(C)c1. The van der Waals surface area contributed by atoms with Gasteiger partial charge in [-0.2, -0.15) is 0 Å². The minimum atomic E-state index is -0.525. The minimum Gasteiger partial charge on any atom is -0.467 e. The number of esters is 1. The van der Waals surface area contributed by atoms with Crippen LogP contribution in [0.5, 0.6) is 0 Å². The van der Waals surface area contributed by atoms with Gasteiger partial charge in [-0.05, 0) is 37.6 Å². The Kier molecular flexibility index (Phi) is 5.02. The van der Waals surface area contributed by atoms with E-state index in [1.807, 2.05) is 50.2 Å². The van der Waals surface area contributed by atoms with Crippen molar-refractivity contribution in [2.75, 3.05) is 12.4 Å². The Labute approximate surface area is 133 Å². The summed E-state index contributed by atoms with van der Waals surface area (Å²) in [6, 6.07) is 13.3. The lowest BCUT2D eigenvalue weighted by molar-refractivity contribution is -0.141. The van der Waals surface area contributed by atoms with Crippen molar-refractivity contribution in [2.24, 2.45) is 0 Å². The van der Waals surface area contributed by atoms with Crippen molar-refractivity contribution in [1.82, 2.24) is 0 Å². The van der Waals surface area contributed by atoms with E-state index in [4.69, 9.17) is 4.74 Å². The Balaban J connectivity index is 2.36. The number of nitrogens with one attached hydrogen (secondary N) is 1. The fraction of sp³-hybridized carbons (Fsp3) is 0.235. The molecule has 3 nitrogen and oxygen atoms in total. The number of ether oxygens (including phenoxy) is 1. The molecule has 0 radical (unpaired) electrons. The van der Waals surface area contributed by atoms with E-state index in [0.29, 0.717) is 0 Å². The Morgan fingerprint density at radius 2 is 1.81 bits per heavy atom. The summed E-state index contributed by atoms with van der Waals surface area (Å²) in [5.74, 6) is -0.306. The van der Waals surface area contributed by atoms with Crippen molar-refractivity contribution < 1.29 is 9.53 Å². The first-order valence-corrected chi connectivity index (χ1v) is 7.47. The number of anilines is 1. The first-order chi connectivity index (χ1) is 9.99. The van der Waals surface area contributed by atoms with E-state index in [1.54, 1.807) is 0 Å². The number of rotatable bonds is 4. The second kappa shape index (κ2) is 6.76. The molecule has 1 atom stereocenters. The molecule has 110 valence electrons. The van der Waals surface area contributed by atoms with Gasteiger partial charge in [-0.1, -0.05) is 51.3 Å². The van der Waals surface area contributed by atoms with Gasteiger partial charge in [-0.25, -0.2) is 4.79 Å². The van der Waals surface area contributed by atoms with Gasteiger partial charge in [0.25, 0.3) is 0 Å². The van der Waals surface area contributed by atoms with Crippen LogP contribution >= 0.6 is 15.9 Å². The van der Waals surface area contributed by atoms with Gasteiger partial charge >= 0.3 is 5.97 Å². The maximum Gasteiger partial charge on any atom is 0.332 e. The molecule has 0 saturated carbocycles. The largest absolute Gasteiger partial charge is 0.467 e. The van der Waals surface area contributed by atoms with Crippen molar-refractivity contribution in [3.8, 4) is 0 Å². The summed E-state index contributed by atoms with van der Waals surface area (Å²) < 4.78 is 5.89. The average molecular weight is 348 g/mol. The predicted octanol–water partition coefficient (Wildman–Crippen LogP) is 4.39. The van der Waals surface area contributed by atoms with Crippen LogP contribution in [0.2, 0.25) is 0 Å². The maximum atomic E-state index is 12.1. The van der Waals surface area contributed by atoms with E-state index >= 15 is 0 Å². The highest BCUT2D eigenvalue weighted by molar-refractivity contribution is 9.10. The Hall–Kier alpha value is -1.81. The standard InChI is InChI=1S/C17H18BrNO2/c1-11-7-12(2)9-13(8-11)16(17(20)21-3)19-15-6-4-5-14(18)10-15/h4-10,16,19H,1-3H3. The third-order valence-electron chi connectivity index (χ3n) is 3.15. The maximum absolute atomic E-state index is 12.1. The number of aryl methyl sites for hydroxylation is 2. The van der Waals surface area contributed by atoms with Gasteiger partial charge in [0.05, 0.1) is 7.11 Å². The van der Waals surface area contributed by atoms with Crippen molar-refractivity contribution in [1.29, 1.82) is 0 Å². The second-order valence-corrected chi connectivity index (χ2v) is 5.95. The molecule has 1 N–H and O–H groups in total. The van der Waals surface area contributed by atoms with Crippen LogP contribution in [0.4, 0.5) is 5.69 Å². The molecule has 0 heterocycles. The number of hydrogen-bond donors (Lipinski definition) is 1. The van der Waals surface area contributed by atoms with E-state index in [1.165, 1.54) is 7.11 Å². The molecule has 4 heteroatoms. The minimum absolute atomic E-state index is 0.306. The molecule has 0 bridgehead atoms. The van der Waals surface area contributed by atoms with Gasteiger partial charge in [0.2, 0.25) is 0 Å². The zero-order chi connectivity index (χ0) is 15.4. The van der Waals surface area contributed by atoms with Crippen LogP contribution in [0, 0.1) is 13.8 Å². The van der Waals surface area contributed by atoms with Crippen LogP contribution in [0.1, 0.15) is 22.7 Å². The average Bonchev–Trinajstić information content (AvgIpc) is 2.43. The quantitative estimate of drug-likeness (QED) is 0.833. The smallest absolute Gasteiger partial charge is 0.332 e. The predicted molar refractivity (Wildman–Crippen MR) is 88.4 cm³/mol. The molecule has 2 aromatic carbocycles. The second-order valence-electron chi connectivity index (χ2n) is 5.03. The monoisotopic (exact) mass is 347 g/mol. The number of methoxy groups -OCH3 is 1. The van der Waals surface area contributed by atoms with Gasteiger partial charge in [-0.3, -0.25) is 0 Å². The van der Waals surface area contributed by atoms with E-state index in [0.717, 1.165) is 26.9 Å². The van der Waals surface area contributed by atoms with Crippen LogP contribution < -0.4 is 5.32 Å². The highest BCUT2D eigenvalue weighted by Gasteiger charge is 2.21. The number of halogens is 1. The molecule has 0 spiro atoms. The van der Waals surface area contributed by atoms with Crippen LogP contribution in [0.15, 0.2) is 46.9 Å². The molecular formula is C17H18BrNO2. The molecule has 21 heavy (non-hydrogen) atoms. The number of benzene rings is 2. The summed E-state index contributed by atoms with van der Waals surface area (Å²) in [6.45, 7) is 4.04. The summed E-state index contributed by atoms with van der Waals surface area (Å²) in [4.78, 5) is 12.1. The van der Waals surface area contributed by atoms with Gasteiger partial charge in [-0.15, -0.1) is 0 Å². The fourth-order valence-electron chi connectivity index (χ4n) is 2.32. The van der Waals surface area contributed by atoms with Crippen LogP contribution in [-0.2, 0) is 9.53 Å². The molecule has 0 saturated heterocycles. The van der Waals surface area contributed by atoms with Crippen LogP contribution in [0.3, 0.4) is 0 Å². The highest BCUT2D eigenvalue weighted by atomic mass is 79.9. The molecule has 0 aliphatic heterocycles. The Morgan fingerprint density at radius 3 is 2.38 bits per heavy atom. The van der Waals surface area contributed by atoms with Crippen LogP contribution in [0.25, 0.3) is 0 Å². The molecule has 2 rings (SSSR count).